The topological polar surface area (TPSA) is 26.9 Å². The van der Waals surface area contributed by atoms with E-state index in [0.717, 1.165) is 17.1 Å². The van der Waals surface area contributed by atoms with Gasteiger partial charge in [0, 0.05) is 25.9 Å². The molecule has 0 radical (unpaired) electrons. The van der Waals surface area contributed by atoms with Crippen LogP contribution in [0.2, 0.25) is 0 Å². The molecular weight excluding hydrogens is 164 g/mol. The maximum Gasteiger partial charge on any atom is 0.252 e. The van der Waals surface area contributed by atoms with Crippen molar-refractivity contribution in [3.05, 3.63) is 34.2 Å². The summed E-state index contributed by atoms with van der Waals surface area (Å²) in [7, 11) is 3.76. The van der Waals surface area contributed by atoms with Gasteiger partial charge in [-0.05, 0) is 19.1 Å². The molecule has 0 aromatic carbocycles. The summed E-state index contributed by atoms with van der Waals surface area (Å²) in [5.41, 5.74) is 3.18. The summed E-state index contributed by atoms with van der Waals surface area (Å²) < 4.78 is 3.69. The van der Waals surface area contributed by atoms with Crippen LogP contribution in [0.3, 0.4) is 0 Å². The highest BCUT2D eigenvalue weighted by molar-refractivity contribution is 5.58. The van der Waals surface area contributed by atoms with Gasteiger partial charge in [-0.15, -0.1) is 0 Å². The molecule has 3 heteroatoms. The smallest absolute Gasteiger partial charge is 0.252 e. The third-order valence-corrected chi connectivity index (χ3v) is 2.59. The quantitative estimate of drug-likeness (QED) is 0.591. The molecule has 0 atom stereocenters. The predicted octanol–water partition coefficient (Wildman–Crippen LogP) is 1.14. The van der Waals surface area contributed by atoms with Gasteiger partial charge in [-0.2, -0.15) is 0 Å². The highest BCUT2D eigenvalue weighted by atomic mass is 16.1. The molecule has 2 heterocycles. The summed E-state index contributed by atoms with van der Waals surface area (Å²) >= 11 is 0. The lowest BCUT2D eigenvalue weighted by atomic mass is 10.2. The van der Waals surface area contributed by atoms with E-state index >= 15 is 0 Å². The number of nitrogens with zero attached hydrogens (tertiary/aromatic N) is 2. The Bertz CT molecular complexity index is 479. The fourth-order valence-corrected chi connectivity index (χ4v) is 1.55. The van der Waals surface area contributed by atoms with Crippen LogP contribution in [0.1, 0.15) is 5.69 Å². The Morgan fingerprint density at radius 3 is 2.46 bits per heavy atom. The van der Waals surface area contributed by atoms with Gasteiger partial charge in [-0.3, -0.25) is 4.79 Å². The van der Waals surface area contributed by atoms with Crippen LogP contribution >= 0.6 is 0 Å². The molecule has 2 aliphatic rings. The normalized spacial score (nSPS) is 11.0. The molecule has 0 spiro atoms. The van der Waals surface area contributed by atoms with Gasteiger partial charge in [0.1, 0.15) is 0 Å². The van der Waals surface area contributed by atoms with Gasteiger partial charge in [0.25, 0.3) is 5.56 Å². The number of hydrogen-bond donors (Lipinski definition) is 0. The van der Waals surface area contributed by atoms with E-state index in [9.17, 15) is 4.79 Å². The number of fused-ring (bicyclic) bond motifs is 1. The fourth-order valence-electron chi connectivity index (χ4n) is 1.55. The molecule has 0 saturated heterocycles. The molecule has 3 nitrogen and oxygen atoms in total. The second-order valence-electron chi connectivity index (χ2n) is 3.35. The maximum absolute atomic E-state index is 11.4. The molecule has 13 heavy (non-hydrogen) atoms. The number of rotatable bonds is 0. The molecule has 0 N–H and O–H groups in total. The van der Waals surface area contributed by atoms with Crippen molar-refractivity contribution in [2.24, 2.45) is 14.1 Å². The SMILES string of the molecule is Cc1ccc2n(C)c(=O)cc-2n1C. The van der Waals surface area contributed by atoms with Crippen molar-refractivity contribution < 1.29 is 0 Å². The molecule has 0 fully saturated rings. The first kappa shape index (κ1) is 8.10. The van der Waals surface area contributed by atoms with Crippen LogP contribution in [0.4, 0.5) is 0 Å². The number of pyridine rings is 1. The Kier molecular flexibility index (Phi) is 1.55. The lowest BCUT2D eigenvalue weighted by molar-refractivity contribution is 0.842. The summed E-state index contributed by atoms with van der Waals surface area (Å²) in [6.45, 7) is 2.02. The molecule has 0 unspecified atom stereocenters. The minimum atomic E-state index is 0.0520. The summed E-state index contributed by atoms with van der Waals surface area (Å²) in [4.78, 5) is 11.4. The van der Waals surface area contributed by atoms with Crippen molar-refractivity contribution in [2.45, 2.75) is 6.92 Å². The Morgan fingerprint density at radius 1 is 1.08 bits per heavy atom. The molecule has 2 aliphatic heterocycles. The van der Waals surface area contributed by atoms with Gasteiger partial charge in [-0.1, -0.05) is 0 Å². The van der Waals surface area contributed by atoms with Crippen LogP contribution in [0, 0.1) is 6.92 Å². The van der Waals surface area contributed by atoms with Crippen LogP contribution < -0.4 is 5.56 Å². The number of aryl methyl sites for hydroxylation is 1. The first-order valence-electron chi connectivity index (χ1n) is 4.23. The highest BCUT2D eigenvalue weighted by Crippen LogP contribution is 2.19. The molecule has 0 aromatic heterocycles. The van der Waals surface area contributed by atoms with Gasteiger partial charge in [-0.25, -0.2) is 0 Å². The summed E-state index contributed by atoms with van der Waals surface area (Å²) in [5, 5.41) is 0. The summed E-state index contributed by atoms with van der Waals surface area (Å²) in [5.74, 6) is 0. The monoisotopic (exact) mass is 176 g/mol. The van der Waals surface area contributed by atoms with Crippen molar-refractivity contribution in [1.82, 2.24) is 9.13 Å². The summed E-state index contributed by atoms with van der Waals surface area (Å²) in [6, 6.07) is 5.66. The van der Waals surface area contributed by atoms with Crippen LogP contribution in [-0.4, -0.2) is 9.13 Å². The Morgan fingerprint density at radius 2 is 1.77 bits per heavy atom. The molecule has 68 valence electrons. The van der Waals surface area contributed by atoms with Gasteiger partial charge in [0.2, 0.25) is 0 Å². The molecule has 0 bridgehead atoms. The third kappa shape index (κ3) is 1.00. The number of aromatic nitrogens is 2. The van der Waals surface area contributed by atoms with E-state index in [4.69, 9.17) is 0 Å². The zero-order valence-electron chi connectivity index (χ0n) is 8.03. The minimum absolute atomic E-state index is 0.0520. The Balaban J connectivity index is 2.93. The van der Waals surface area contributed by atoms with E-state index in [0.29, 0.717) is 0 Å². The Hall–Kier alpha value is -1.51. The van der Waals surface area contributed by atoms with Crippen LogP contribution in [0.25, 0.3) is 11.4 Å². The number of hydrogen-bond acceptors (Lipinski definition) is 1. The molecule has 2 rings (SSSR count). The van der Waals surface area contributed by atoms with Gasteiger partial charge in [0.05, 0.1) is 11.4 Å². The molecule has 0 aliphatic carbocycles. The second-order valence-corrected chi connectivity index (χ2v) is 3.35. The predicted molar refractivity (Wildman–Crippen MR) is 52.0 cm³/mol. The first-order valence-corrected chi connectivity index (χ1v) is 4.23. The maximum atomic E-state index is 11.4. The van der Waals surface area contributed by atoms with Gasteiger partial charge < -0.3 is 9.13 Å². The molecule has 0 amide bonds. The van der Waals surface area contributed by atoms with E-state index in [1.807, 2.05) is 30.7 Å². The van der Waals surface area contributed by atoms with Crippen LogP contribution in [0.5, 0.6) is 0 Å². The third-order valence-electron chi connectivity index (χ3n) is 2.59. The molecule has 0 saturated carbocycles. The summed E-state index contributed by atoms with van der Waals surface area (Å²) in [6.07, 6.45) is 0. The van der Waals surface area contributed by atoms with Gasteiger partial charge >= 0.3 is 0 Å². The second kappa shape index (κ2) is 2.49. The van der Waals surface area contributed by atoms with E-state index in [-0.39, 0.29) is 5.56 Å². The molecular formula is C10H12N2O. The lowest BCUT2D eigenvalue weighted by Gasteiger charge is -2.11. The standard InChI is InChI=1S/C10H12N2O/c1-7-4-5-8-9(11(7)2)6-10(13)12(8)3/h4-6H,1-3H3. The Labute approximate surface area is 76.6 Å². The fraction of sp³-hybridized carbons (Fsp3) is 0.300. The zero-order valence-corrected chi connectivity index (χ0v) is 8.03. The van der Waals surface area contributed by atoms with Crippen molar-refractivity contribution in [3.63, 3.8) is 0 Å². The molecule has 0 aromatic rings. The van der Waals surface area contributed by atoms with Crippen molar-refractivity contribution in [3.8, 4) is 11.4 Å². The van der Waals surface area contributed by atoms with Crippen molar-refractivity contribution >= 4 is 0 Å². The van der Waals surface area contributed by atoms with E-state index < -0.39 is 0 Å². The lowest BCUT2D eigenvalue weighted by Crippen LogP contribution is -2.09. The van der Waals surface area contributed by atoms with Crippen LogP contribution in [-0.2, 0) is 14.1 Å². The average molecular weight is 176 g/mol. The van der Waals surface area contributed by atoms with Crippen molar-refractivity contribution in [2.75, 3.05) is 0 Å². The van der Waals surface area contributed by atoms with E-state index in [1.54, 1.807) is 17.7 Å². The van der Waals surface area contributed by atoms with E-state index in [2.05, 4.69) is 0 Å². The average Bonchev–Trinajstić information content (AvgIpc) is 2.38. The van der Waals surface area contributed by atoms with E-state index in [1.165, 1.54) is 0 Å². The van der Waals surface area contributed by atoms with Crippen LogP contribution in [0.15, 0.2) is 23.0 Å². The largest absolute Gasteiger partial charge is 0.347 e. The van der Waals surface area contributed by atoms with Crippen molar-refractivity contribution in [1.29, 1.82) is 0 Å². The first-order chi connectivity index (χ1) is 6.11. The highest BCUT2D eigenvalue weighted by Gasteiger charge is 2.11. The van der Waals surface area contributed by atoms with Gasteiger partial charge in [0.15, 0.2) is 0 Å². The minimum Gasteiger partial charge on any atom is -0.347 e. The zero-order chi connectivity index (χ0) is 9.59.